The van der Waals surface area contributed by atoms with E-state index in [0.717, 1.165) is 11.4 Å². The molecule has 11 rings (SSSR count). The molecule has 0 fully saturated rings. The van der Waals surface area contributed by atoms with Crippen molar-refractivity contribution < 1.29 is 0 Å². The molecule has 0 heterocycles. The van der Waals surface area contributed by atoms with Crippen LogP contribution in [0.3, 0.4) is 0 Å². The van der Waals surface area contributed by atoms with Gasteiger partial charge in [0, 0.05) is 22.4 Å². The van der Waals surface area contributed by atoms with Crippen molar-refractivity contribution in [1.82, 2.24) is 0 Å². The third-order valence-electron chi connectivity index (χ3n) is 12.7. The Labute approximate surface area is 335 Å². The Balaban J connectivity index is 1.23. The number of hydrogen-bond acceptors (Lipinski definition) is 1. The van der Waals surface area contributed by atoms with Gasteiger partial charge in [-0.05, 0) is 108 Å². The summed E-state index contributed by atoms with van der Waals surface area (Å²) < 4.78 is 0. The van der Waals surface area contributed by atoms with Crippen molar-refractivity contribution in [3.05, 3.63) is 246 Å². The molecule has 0 spiro atoms. The zero-order valence-corrected chi connectivity index (χ0v) is 32.2. The Bertz CT molecular complexity index is 2920. The quantitative estimate of drug-likeness (QED) is 0.165. The summed E-state index contributed by atoms with van der Waals surface area (Å²) in [4.78, 5) is 2.52. The third kappa shape index (κ3) is 4.89. The molecule has 0 aromatic heterocycles. The lowest BCUT2D eigenvalue weighted by molar-refractivity contribution is 0.666. The highest BCUT2D eigenvalue weighted by atomic mass is 15.1. The van der Waals surface area contributed by atoms with Crippen molar-refractivity contribution in [1.29, 1.82) is 0 Å². The molecular weight excluding hydrogens is 687 g/mol. The second-order valence-corrected chi connectivity index (χ2v) is 16.0. The monoisotopic (exact) mass is 727 g/mol. The maximum absolute atomic E-state index is 2.52. The first-order valence-electron chi connectivity index (χ1n) is 20.0. The van der Waals surface area contributed by atoms with Crippen molar-refractivity contribution in [2.24, 2.45) is 0 Å². The van der Waals surface area contributed by atoms with Crippen LogP contribution < -0.4 is 4.90 Å². The molecule has 1 heteroatoms. The lowest BCUT2D eigenvalue weighted by Gasteiger charge is -2.35. The van der Waals surface area contributed by atoms with Gasteiger partial charge >= 0.3 is 0 Å². The molecule has 0 bridgehead atoms. The van der Waals surface area contributed by atoms with Crippen molar-refractivity contribution in [3.63, 3.8) is 0 Å². The molecule has 0 radical (unpaired) electrons. The Hall–Kier alpha value is -6.96. The molecule has 2 aliphatic carbocycles. The maximum Gasteiger partial charge on any atom is 0.0714 e. The van der Waals surface area contributed by atoms with Gasteiger partial charge < -0.3 is 4.90 Å². The lowest BCUT2D eigenvalue weighted by Crippen LogP contribution is -2.28. The SMILES string of the molecule is CC1(C)c2ccc(-c3ccccc3)cc2-c2c(N(c3ccccc3)c3ccc4c(c3)C(c3ccccc3)(c3ccccc3)c3ccccc3-4)cc3ccccc3c21. The topological polar surface area (TPSA) is 3.24 Å². The number of para-hydroxylation sites is 1. The first kappa shape index (κ1) is 33.4. The summed E-state index contributed by atoms with van der Waals surface area (Å²) in [6.45, 7) is 4.81. The van der Waals surface area contributed by atoms with Crippen molar-refractivity contribution in [3.8, 4) is 33.4 Å². The molecule has 2 aliphatic rings. The van der Waals surface area contributed by atoms with Gasteiger partial charge in [-0.2, -0.15) is 0 Å². The molecule has 9 aromatic carbocycles. The summed E-state index contributed by atoms with van der Waals surface area (Å²) >= 11 is 0. The fraction of sp³-hybridized carbons (Fsp3) is 0.0714. The average molecular weight is 728 g/mol. The zero-order valence-electron chi connectivity index (χ0n) is 32.2. The smallest absolute Gasteiger partial charge is 0.0714 e. The van der Waals surface area contributed by atoms with Crippen LogP contribution in [0.15, 0.2) is 212 Å². The molecule has 0 aliphatic heterocycles. The van der Waals surface area contributed by atoms with Gasteiger partial charge in [0.2, 0.25) is 0 Å². The van der Waals surface area contributed by atoms with Crippen molar-refractivity contribution in [2.75, 3.05) is 4.90 Å². The first-order chi connectivity index (χ1) is 28.0. The van der Waals surface area contributed by atoms with E-state index in [4.69, 9.17) is 0 Å². The highest BCUT2D eigenvalue weighted by Gasteiger charge is 2.47. The molecule has 0 unspecified atom stereocenters. The van der Waals surface area contributed by atoms with Crippen LogP contribution in [0.5, 0.6) is 0 Å². The van der Waals surface area contributed by atoms with Gasteiger partial charge in [-0.15, -0.1) is 0 Å². The molecule has 0 amide bonds. The van der Waals surface area contributed by atoms with Gasteiger partial charge in [-0.1, -0.05) is 190 Å². The van der Waals surface area contributed by atoms with Crippen LogP contribution >= 0.6 is 0 Å². The van der Waals surface area contributed by atoms with E-state index in [1.165, 1.54) is 83.2 Å². The van der Waals surface area contributed by atoms with Crippen LogP contribution in [-0.2, 0) is 10.8 Å². The summed E-state index contributed by atoms with van der Waals surface area (Å²) in [5.74, 6) is 0. The van der Waals surface area contributed by atoms with Gasteiger partial charge in [0.25, 0.3) is 0 Å². The molecule has 57 heavy (non-hydrogen) atoms. The number of nitrogens with zero attached hydrogens (tertiary/aromatic N) is 1. The summed E-state index contributed by atoms with van der Waals surface area (Å²) in [6, 6.07) is 78.7. The van der Waals surface area contributed by atoms with E-state index in [-0.39, 0.29) is 5.41 Å². The Morgan fingerprint density at radius 1 is 0.386 bits per heavy atom. The summed E-state index contributed by atoms with van der Waals surface area (Å²) in [7, 11) is 0. The van der Waals surface area contributed by atoms with Gasteiger partial charge in [-0.3, -0.25) is 0 Å². The van der Waals surface area contributed by atoms with Crippen LogP contribution in [0.2, 0.25) is 0 Å². The number of anilines is 3. The maximum atomic E-state index is 2.52. The fourth-order valence-corrected chi connectivity index (χ4v) is 10.2. The van der Waals surface area contributed by atoms with E-state index >= 15 is 0 Å². The van der Waals surface area contributed by atoms with Crippen LogP contribution in [0.4, 0.5) is 17.1 Å². The molecule has 0 saturated heterocycles. The Morgan fingerprint density at radius 3 is 1.70 bits per heavy atom. The number of benzene rings is 9. The van der Waals surface area contributed by atoms with E-state index in [9.17, 15) is 0 Å². The summed E-state index contributed by atoms with van der Waals surface area (Å²) in [5.41, 5.74) is 18.2. The molecule has 0 atom stereocenters. The van der Waals surface area contributed by atoms with Crippen LogP contribution in [-0.4, -0.2) is 0 Å². The Morgan fingerprint density at radius 2 is 0.982 bits per heavy atom. The second kappa shape index (κ2) is 12.8. The number of hydrogen-bond donors (Lipinski definition) is 0. The van der Waals surface area contributed by atoms with Crippen molar-refractivity contribution >= 4 is 27.8 Å². The fourth-order valence-electron chi connectivity index (χ4n) is 10.2. The minimum Gasteiger partial charge on any atom is -0.310 e. The highest BCUT2D eigenvalue weighted by molar-refractivity contribution is 6.06. The van der Waals surface area contributed by atoms with E-state index in [0.29, 0.717) is 0 Å². The molecule has 0 saturated carbocycles. The minimum absolute atomic E-state index is 0.215. The van der Waals surface area contributed by atoms with Crippen molar-refractivity contribution in [2.45, 2.75) is 24.7 Å². The van der Waals surface area contributed by atoms with E-state index < -0.39 is 5.41 Å². The number of fused-ring (bicyclic) bond motifs is 8. The Kier molecular flexibility index (Phi) is 7.50. The molecule has 0 N–H and O–H groups in total. The predicted octanol–water partition coefficient (Wildman–Crippen LogP) is 14.6. The minimum atomic E-state index is -0.503. The third-order valence-corrected chi connectivity index (χ3v) is 12.7. The van der Waals surface area contributed by atoms with Gasteiger partial charge in [0.1, 0.15) is 0 Å². The van der Waals surface area contributed by atoms with Gasteiger partial charge in [0.05, 0.1) is 11.1 Å². The van der Waals surface area contributed by atoms with Crippen LogP contribution in [0, 0.1) is 0 Å². The van der Waals surface area contributed by atoms with E-state index in [2.05, 4.69) is 231 Å². The second-order valence-electron chi connectivity index (χ2n) is 16.0. The van der Waals surface area contributed by atoms with Crippen LogP contribution in [0.25, 0.3) is 44.2 Å². The standard InChI is InChI=1S/C56H41N/c1-55(2)49-34-31-39(38-19-7-3-8-20-38)35-48(49)53-52(36-40-21-15-16-28-45(40)54(53)55)57(43-26-13-6-14-27-43)44-32-33-47-46-29-17-18-30-50(46)56(51(47)37-44,41-22-9-4-10-23-41)42-24-11-5-12-25-42/h3-37H,1-2H3. The number of rotatable bonds is 6. The van der Waals surface area contributed by atoms with Crippen LogP contribution in [0.1, 0.15) is 47.2 Å². The van der Waals surface area contributed by atoms with E-state index in [1.807, 2.05) is 0 Å². The van der Waals surface area contributed by atoms with Gasteiger partial charge in [-0.25, -0.2) is 0 Å². The molecular formula is C56H41N. The largest absolute Gasteiger partial charge is 0.310 e. The van der Waals surface area contributed by atoms with E-state index in [1.54, 1.807) is 0 Å². The lowest BCUT2D eigenvalue weighted by atomic mass is 9.67. The molecule has 270 valence electrons. The average Bonchev–Trinajstić information content (AvgIpc) is 3.70. The molecule has 9 aromatic rings. The summed E-state index contributed by atoms with van der Waals surface area (Å²) in [5, 5.41) is 2.55. The highest BCUT2D eigenvalue weighted by Crippen LogP contribution is 2.60. The zero-order chi connectivity index (χ0) is 38.1. The predicted molar refractivity (Wildman–Crippen MR) is 239 cm³/mol. The molecule has 1 nitrogen and oxygen atoms in total. The normalized spacial score (nSPS) is 14.1. The van der Waals surface area contributed by atoms with Gasteiger partial charge in [0.15, 0.2) is 0 Å². The first-order valence-corrected chi connectivity index (χ1v) is 20.0. The summed E-state index contributed by atoms with van der Waals surface area (Å²) in [6.07, 6.45) is 0.